The smallest absolute Gasteiger partial charge is 0.0827 e. The topological polar surface area (TPSA) is 9.23 Å². The van der Waals surface area contributed by atoms with E-state index in [0.717, 1.165) is 19.4 Å². The zero-order valence-corrected chi connectivity index (χ0v) is 9.59. The molecular weight excluding hydrogens is 184 g/mol. The van der Waals surface area contributed by atoms with Crippen LogP contribution in [0.1, 0.15) is 32.6 Å². The minimum atomic E-state index is 0.337. The number of hydrogen-bond donors (Lipinski definition) is 0. The second-order valence-electron chi connectivity index (χ2n) is 4.85. The lowest BCUT2D eigenvalue weighted by Gasteiger charge is -2.24. The molecule has 0 saturated carbocycles. The molecule has 1 saturated heterocycles. The minimum Gasteiger partial charge on any atom is -0.369 e. The first-order chi connectivity index (χ1) is 7.16. The largest absolute Gasteiger partial charge is 0.369 e. The lowest BCUT2D eigenvalue weighted by Crippen LogP contribution is -2.15. The molecule has 0 aromatic heterocycles. The van der Waals surface area contributed by atoms with Gasteiger partial charge in [-0.3, -0.25) is 0 Å². The van der Waals surface area contributed by atoms with Crippen LogP contribution in [0, 0.1) is 5.92 Å². The molecule has 0 aromatic rings. The quantitative estimate of drug-likeness (QED) is 0.624. The Morgan fingerprint density at radius 1 is 1.53 bits per heavy atom. The van der Waals surface area contributed by atoms with Crippen molar-refractivity contribution < 1.29 is 4.74 Å². The van der Waals surface area contributed by atoms with E-state index in [1.807, 2.05) is 0 Å². The third-order valence-electron chi connectivity index (χ3n) is 3.52. The normalized spacial score (nSPS) is 31.5. The average Bonchev–Trinajstić information content (AvgIpc) is 2.65. The van der Waals surface area contributed by atoms with Gasteiger partial charge in [0.25, 0.3) is 0 Å². The number of ether oxygens (including phenoxy) is 1. The molecule has 0 spiro atoms. The number of rotatable bonds is 2. The van der Waals surface area contributed by atoms with Gasteiger partial charge >= 0.3 is 0 Å². The summed E-state index contributed by atoms with van der Waals surface area (Å²) in [5.74, 6) is 0.693. The first kappa shape index (κ1) is 10.7. The van der Waals surface area contributed by atoms with E-state index < -0.39 is 0 Å². The second-order valence-corrected chi connectivity index (χ2v) is 4.85. The third kappa shape index (κ3) is 2.40. The van der Waals surface area contributed by atoms with E-state index in [4.69, 9.17) is 4.74 Å². The Bertz CT molecular complexity index is 311. The van der Waals surface area contributed by atoms with Gasteiger partial charge in [-0.05, 0) is 43.3 Å². The van der Waals surface area contributed by atoms with Gasteiger partial charge in [-0.1, -0.05) is 24.8 Å². The van der Waals surface area contributed by atoms with Gasteiger partial charge in [0.05, 0.1) is 12.7 Å². The Balaban J connectivity index is 1.96. The molecule has 0 radical (unpaired) electrons. The van der Waals surface area contributed by atoms with Crippen molar-refractivity contribution in [3.63, 3.8) is 0 Å². The Kier molecular flexibility index (Phi) is 3.11. The Hall–Kier alpha value is -0.820. The molecule has 0 N–H and O–H groups in total. The predicted molar refractivity (Wildman–Crippen MR) is 63.7 cm³/mol. The van der Waals surface area contributed by atoms with E-state index in [-0.39, 0.29) is 0 Å². The van der Waals surface area contributed by atoms with Crippen LogP contribution in [-0.4, -0.2) is 12.7 Å². The summed E-state index contributed by atoms with van der Waals surface area (Å²) in [5.41, 5.74) is 4.05. The van der Waals surface area contributed by atoms with Crippen molar-refractivity contribution in [1.82, 2.24) is 0 Å². The van der Waals surface area contributed by atoms with Gasteiger partial charge in [0.2, 0.25) is 0 Å². The van der Waals surface area contributed by atoms with Crippen molar-refractivity contribution in [3.8, 4) is 0 Å². The van der Waals surface area contributed by atoms with Crippen LogP contribution in [0.4, 0.5) is 0 Å². The van der Waals surface area contributed by atoms with Crippen molar-refractivity contribution >= 4 is 0 Å². The first-order valence-electron chi connectivity index (χ1n) is 5.79. The van der Waals surface area contributed by atoms with Crippen molar-refractivity contribution in [1.29, 1.82) is 0 Å². The molecule has 1 aliphatic heterocycles. The van der Waals surface area contributed by atoms with Crippen LogP contribution in [0.25, 0.3) is 0 Å². The van der Waals surface area contributed by atoms with Crippen molar-refractivity contribution in [3.05, 3.63) is 36.0 Å². The molecule has 2 unspecified atom stereocenters. The average molecular weight is 204 g/mol. The molecule has 1 aliphatic carbocycles. The van der Waals surface area contributed by atoms with Gasteiger partial charge in [-0.2, -0.15) is 0 Å². The highest BCUT2D eigenvalue weighted by atomic mass is 16.5. The minimum absolute atomic E-state index is 0.337. The number of allylic oxidation sites excluding steroid dienone is 2. The van der Waals surface area contributed by atoms with Crippen molar-refractivity contribution in [2.24, 2.45) is 5.92 Å². The molecule has 15 heavy (non-hydrogen) atoms. The van der Waals surface area contributed by atoms with E-state index in [0.29, 0.717) is 12.0 Å². The Morgan fingerprint density at radius 3 is 2.80 bits per heavy atom. The van der Waals surface area contributed by atoms with Crippen LogP contribution >= 0.6 is 0 Å². The molecule has 0 bridgehead atoms. The zero-order chi connectivity index (χ0) is 10.8. The maximum atomic E-state index is 5.71. The monoisotopic (exact) mass is 204 g/mol. The molecule has 1 fully saturated rings. The highest BCUT2D eigenvalue weighted by Crippen LogP contribution is 2.34. The SMILES string of the molecule is C=C1COC(C2=CCC(C(=C)C)CC2)C1. The van der Waals surface area contributed by atoms with Gasteiger partial charge in [-0.25, -0.2) is 0 Å². The van der Waals surface area contributed by atoms with Crippen molar-refractivity contribution in [2.75, 3.05) is 6.61 Å². The van der Waals surface area contributed by atoms with Crippen LogP contribution in [0.15, 0.2) is 36.0 Å². The Morgan fingerprint density at radius 2 is 2.33 bits per heavy atom. The highest BCUT2D eigenvalue weighted by Gasteiger charge is 2.25. The summed E-state index contributed by atoms with van der Waals surface area (Å²) >= 11 is 0. The van der Waals surface area contributed by atoms with Crippen LogP contribution in [-0.2, 0) is 4.74 Å². The summed E-state index contributed by atoms with van der Waals surface area (Å²) in [4.78, 5) is 0. The molecular formula is C14H20O. The maximum Gasteiger partial charge on any atom is 0.0827 e. The molecule has 1 heteroatoms. The molecule has 2 aliphatic rings. The standard InChI is InChI=1S/C14H20O/c1-10(2)12-4-6-13(7-5-12)14-8-11(3)9-15-14/h6,12,14H,1,3-5,7-9H2,2H3. The van der Waals surface area contributed by atoms with E-state index >= 15 is 0 Å². The van der Waals surface area contributed by atoms with Gasteiger partial charge in [0, 0.05) is 6.42 Å². The second kappa shape index (κ2) is 4.36. The van der Waals surface area contributed by atoms with E-state index in [9.17, 15) is 0 Å². The third-order valence-corrected chi connectivity index (χ3v) is 3.52. The summed E-state index contributed by atoms with van der Waals surface area (Å²) < 4.78 is 5.71. The van der Waals surface area contributed by atoms with E-state index in [1.54, 1.807) is 0 Å². The van der Waals surface area contributed by atoms with Crippen molar-refractivity contribution in [2.45, 2.75) is 38.7 Å². The summed E-state index contributed by atoms with van der Waals surface area (Å²) in [7, 11) is 0. The maximum absolute atomic E-state index is 5.71. The lowest BCUT2D eigenvalue weighted by molar-refractivity contribution is 0.135. The fourth-order valence-corrected chi connectivity index (χ4v) is 2.43. The molecule has 1 nitrogen and oxygen atoms in total. The van der Waals surface area contributed by atoms with Gasteiger partial charge in [0.1, 0.15) is 0 Å². The molecule has 82 valence electrons. The molecule has 0 amide bonds. The van der Waals surface area contributed by atoms with Gasteiger partial charge in [0.15, 0.2) is 0 Å². The molecule has 2 atom stereocenters. The van der Waals surface area contributed by atoms with E-state index in [2.05, 4.69) is 26.2 Å². The van der Waals surface area contributed by atoms with Gasteiger partial charge < -0.3 is 4.74 Å². The predicted octanol–water partition coefficient (Wildman–Crippen LogP) is 3.63. The lowest BCUT2D eigenvalue weighted by atomic mass is 9.83. The van der Waals surface area contributed by atoms with Crippen LogP contribution in [0.2, 0.25) is 0 Å². The van der Waals surface area contributed by atoms with Crippen LogP contribution in [0.3, 0.4) is 0 Å². The summed E-state index contributed by atoms with van der Waals surface area (Å²) in [6.45, 7) is 10.9. The molecule has 0 aromatic carbocycles. The Labute approximate surface area is 92.5 Å². The summed E-state index contributed by atoms with van der Waals surface area (Å²) in [5, 5.41) is 0. The van der Waals surface area contributed by atoms with Crippen LogP contribution < -0.4 is 0 Å². The van der Waals surface area contributed by atoms with E-state index in [1.165, 1.54) is 29.6 Å². The summed E-state index contributed by atoms with van der Waals surface area (Å²) in [6.07, 6.45) is 7.30. The molecule has 1 heterocycles. The zero-order valence-electron chi connectivity index (χ0n) is 9.59. The van der Waals surface area contributed by atoms with Gasteiger partial charge in [-0.15, -0.1) is 0 Å². The fourth-order valence-electron chi connectivity index (χ4n) is 2.43. The first-order valence-corrected chi connectivity index (χ1v) is 5.79. The fraction of sp³-hybridized carbons (Fsp3) is 0.571. The number of hydrogen-bond acceptors (Lipinski definition) is 1. The summed E-state index contributed by atoms with van der Waals surface area (Å²) in [6, 6.07) is 0. The van der Waals surface area contributed by atoms with Crippen LogP contribution in [0.5, 0.6) is 0 Å². The molecule has 2 rings (SSSR count). The highest BCUT2D eigenvalue weighted by molar-refractivity contribution is 5.20.